The predicted octanol–water partition coefficient (Wildman–Crippen LogP) is 1.15. The molecule has 0 radical (unpaired) electrons. The summed E-state index contributed by atoms with van der Waals surface area (Å²) in [6, 6.07) is 0.150. The highest BCUT2D eigenvalue weighted by Gasteiger charge is 2.24. The van der Waals surface area contributed by atoms with Crippen molar-refractivity contribution in [3.63, 3.8) is 0 Å². The van der Waals surface area contributed by atoms with Crippen LogP contribution in [-0.4, -0.2) is 53.5 Å². The molecule has 100 valence electrons. The highest BCUT2D eigenvalue weighted by atomic mass is 79.9. The first-order chi connectivity index (χ1) is 8.49. The Labute approximate surface area is 115 Å². The molecule has 1 unspecified atom stereocenters. The molecule has 1 aliphatic rings. The minimum Gasteiger partial charge on any atom is -0.308 e. The first kappa shape index (κ1) is 13.7. The summed E-state index contributed by atoms with van der Waals surface area (Å²) in [4.78, 5) is 23.7. The van der Waals surface area contributed by atoms with Crippen molar-refractivity contribution in [2.45, 2.75) is 19.4 Å². The molecule has 5 nitrogen and oxygen atoms in total. The van der Waals surface area contributed by atoms with Gasteiger partial charge in [-0.25, -0.2) is 4.98 Å². The second-order valence-electron chi connectivity index (χ2n) is 4.96. The summed E-state index contributed by atoms with van der Waals surface area (Å²) in [6.45, 7) is 4.85. The summed E-state index contributed by atoms with van der Waals surface area (Å²) in [7, 11) is 4.19. The van der Waals surface area contributed by atoms with Crippen LogP contribution in [0.1, 0.15) is 24.0 Å². The van der Waals surface area contributed by atoms with Gasteiger partial charge in [-0.2, -0.15) is 0 Å². The normalized spacial score (nSPS) is 23.0. The Balaban J connectivity index is 2.36. The van der Waals surface area contributed by atoms with Crippen LogP contribution in [-0.2, 0) is 0 Å². The van der Waals surface area contributed by atoms with E-state index in [0.717, 1.165) is 37.6 Å². The van der Waals surface area contributed by atoms with Gasteiger partial charge in [0.05, 0.1) is 11.7 Å². The highest BCUT2D eigenvalue weighted by molar-refractivity contribution is 9.10. The molecule has 0 spiro atoms. The van der Waals surface area contributed by atoms with Crippen LogP contribution < -0.4 is 5.56 Å². The van der Waals surface area contributed by atoms with Crippen molar-refractivity contribution < 1.29 is 0 Å². The van der Waals surface area contributed by atoms with Gasteiger partial charge in [0.15, 0.2) is 0 Å². The zero-order valence-electron chi connectivity index (χ0n) is 11.0. The largest absolute Gasteiger partial charge is 0.308 e. The number of aryl methyl sites for hydroxylation is 1. The number of likely N-dealkylation sites (N-methyl/N-ethyl adjacent to an activating group) is 2. The zero-order chi connectivity index (χ0) is 13.3. The molecule has 2 heterocycles. The van der Waals surface area contributed by atoms with Crippen LogP contribution in [0.2, 0.25) is 0 Å². The Morgan fingerprint density at radius 1 is 1.39 bits per heavy atom. The Morgan fingerprint density at radius 2 is 2.11 bits per heavy atom. The number of aromatic amines is 1. The maximum atomic E-state index is 11.8. The third-order valence-corrected chi connectivity index (χ3v) is 4.36. The summed E-state index contributed by atoms with van der Waals surface area (Å²) in [5, 5.41) is 0. The van der Waals surface area contributed by atoms with E-state index >= 15 is 0 Å². The lowest BCUT2D eigenvalue weighted by Crippen LogP contribution is -2.33. The average molecular weight is 315 g/mol. The molecule has 1 aliphatic heterocycles. The van der Waals surface area contributed by atoms with Crippen molar-refractivity contribution in [1.29, 1.82) is 0 Å². The summed E-state index contributed by atoms with van der Waals surface area (Å²) >= 11 is 3.25. The number of H-pyrrole nitrogens is 1. The Morgan fingerprint density at radius 3 is 2.78 bits per heavy atom. The number of rotatable bonds is 1. The van der Waals surface area contributed by atoms with Gasteiger partial charge in [-0.1, -0.05) is 0 Å². The van der Waals surface area contributed by atoms with Crippen LogP contribution in [0.25, 0.3) is 0 Å². The van der Waals surface area contributed by atoms with Crippen molar-refractivity contribution in [3.8, 4) is 0 Å². The fourth-order valence-corrected chi connectivity index (χ4v) is 2.51. The van der Waals surface area contributed by atoms with E-state index in [1.165, 1.54) is 0 Å². The summed E-state index contributed by atoms with van der Waals surface area (Å²) in [5.74, 6) is 0.761. The van der Waals surface area contributed by atoms with Crippen LogP contribution in [0.15, 0.2) is 9.27 Å². The summed E-state index contributed by atoms with van der Waals surface area (Å²) in [6.07, 6.45) is 1.14. The third kappa shape index (κ3) is 2.81. The molecule has 1 fully saturated rings. The minimum atomic E-state index is -0.0993. The van der Waals surface area contributed by atoms with E-state index in [-0.39, 0.29) is 11.6 Å². The van der Waals surface area contributed by atoms with Crippen molar-refractivity contribution >= 4 is 15.9 Å². The smallest absolute Gasteiger partial charge is 0.265 e. The molecule has 1 N–H and O–H groups in total. The van der Waals surface area contributed by atoms with Gasteiger partial charge < -0.3 is 9.88 Å². The molecule has 1 aromatic heterocycles. The van der Waals surface area contributed by atoms with Crippen molar-refractivity contribution in [2.24, 2.45) is 0 Å². The third-order valence-electron chi connectivity index (χ3n) is 3.43. The van der Waals surface area contributed by atoms with Gasteiger partial charge in [0.25, 0.3) is 5.56 Å². The molecular weight excluding hydrogens is 296 g/mol. The quantitative estimate of drug-likeness (QED) is 0.845. The van der Waals surface area contributed by atoms with E-state index < -0.39 is 0 Å². The monoisotopic (exact) mass is 314 g/mol. The molecule has 1 aromatic rings. The zero-order valence-corrected chi connectivity index (χ0v) is 12.6. The lowest BCUT2D eigenvalue weighted by Gasteiger charge is -2.26. The molecule has 0 bridgehead atoms. The lowest BCUT2D eigenvalue weighted by atomic mass is 10.2. The number of hydrogen-bond donors (Lipinski definition) is 1. The Kier molecular flexibility index (Phi) is 4.19. The van der Waals surface area contributed by atoms with Crippen LogP contribution in [0.4, 0.5) is 0 Å². The molecule has 0 aromatic carbocycles. The molecule has 1 saturated heterocycles. The lowest BCUT2D eigenvalue weighted by molar-refractivity contribution is 0.219. The molecule has 0 amide bonds. The maximum Gasteiger partial charge on any atom is 0.265 e. The molecular formula is C12H19BrN4O. The van der Waals surface area contributed by atoms with Gasteiger partial charge in [-0.15, -0.1) is 0 Å². The van der Waals surface area contributed by atoms with E-state index in [9.17, 15) is 4.79 Å². The van der Waals surface area contributed by atoms with Crippen LogP contribution >= 0.6 is 15.9 Å². The van der Waals surface area contributed by atoms with E-state index in [1.807, 2.05) is 6.92 Å². The van der Waals surface area contributed by atoms with E-state index in [4.69, 9.17) is 0 Å². The first-order valence-corrected chi connectivity index (χ1v) is 6.93. The maximum absolute atomic E-state index is 11.8. The van der Waals surface area contributed by atoms with Gasteiger partial charge in [0.1, 0.15) is 10.3 Å². The van der Waals surface area contributed by atoms with E-state index in [0.29, 0.717) is 4.47 Å². The van der Waals surface area contributed by atoms with Gasteiger partial charge >= 0.3 is 0 Å². The Bertz CT molecular complexity index is 487. The van der Waals surface area contributed by atoms with Crippen LogP contribution in [0.3, 0.4) is 0 Å². The summed E-state index contributed by atoms with van der Waals surface area (Å²) < 4.78 is 0.524. The van der Waals surface area contributed by atoms with Crippen molar-refractivity contribution in [3.05, 3.63) is 26.3 Å². The van der Waals surface area contributed by atoms with E-state index in [1.54, 1.807) is 0 Å². The number of hydrogen-bond acceptors (Lipinski definition) is 4. The van der Waals surface area contributed by atoms with Gasteiger partial charge in [-0.05, 0) is 56.5 Å². The molecule has 0 aliphatic carbocycles. The molecule has 18 heavy (non-hydrogen) atoms. The van der Waals surface area contributed by atoms with Crippen LogP contribution in [0.5, 0.6) is 0 Å². The number of nitrogens with zero attached hydrogens (tertiary/aromatic N) is 3. The molecule has 0 saturated carbocycles. The molecule has 2 rings (SSSR count). The number of nitrogens with one attached hydrogen (secondary N) is 1. The average Bonchev–Trinajstić information content (AvgIpc) is 2.47. The first-order valence-electron chi connectivity index (χ1n) is 6.14. The Hall–Kier alpha value is -0.720. The van der Waals surface area contributed by atoms with E-state index in [2.05, 4.69) is 49.8 Å². The van der Waals surface area contributed by atoms with Crippen molar-refractivity contribution in [1.82, 2.24) is 19.8 Å². The summed E-state index contributed by atoms with van der Waals surface area (Å²) in [5.41, 5.74) is 0.645. The topological polar surface area (TPSA) is 52.2 Å². The predicted molar refractivity (Wildman–Crippen MR) is 74.8 cm³/mol. The second kappa shape index (κ2) is 5.50. The molecule has 1 atom stereocenters. The van der Waals surface area contributed by atoms with Gasteiger partial charge in [-0.3, -0.25) is 9.69 Å². The SMILES string of the molecule is Cc1nc(C2CN(C)CCCN2C)[nH]c(=O)c1Br. The fourth-order valence-electron chi connectivity index (χ4n) is 2.32. The standard InChI is InChI=1S/C12H19BrN4O/c1-8-10(13)12(18)15-11(14-8)9-7-16(2)5-4-6-17(9)3/h9H,4-7H2,1-3H3,(H,14,15,18). The second-order valence-corrected chi connectivity index (χ2v) is 5.76. The van der Waals surface area contributed by atoms with Gasteiger partial charge in [0.2, 0.25) is 0 Å². The number of halogens is 1. The fraction of sp³-hybridized carbons (Fsp3) is 0.667. The highest BCUT2D eigenvalue weighted by Crippen LogP contribution is 2.20. The molecule has 6 heteroatoms. The van der Waals surface area contributed by atoms with Gasteiger partial charge in [0, 0.05) is 6.54 Å². The minimum absolute atomic E-state index is 0.0993. The van der Waals surface area contributed by atoms with Crippen LogP contribution in [0, 0.1) is 6.92 Å². The number of aromatic nitrogens is 2. The van der Waals surface area contributed by atoms with Crippen molar-refractivity contribution in [2.75, 3.05) is 33.7 Å².